The van der Waals surface area contributed by atoms with E-state index in [1.54, 1.807) is 6.07 Å². The average Bonchev–Trinajstić information content (AvgIpc) is 3.22. The zero-order valence-corrected chi connectivity index (χ0v) is 23.7. The molecule has 2 aliphatic rings. The minimum atomic E-state index is -1.47. The maximum atomic E-state index is 12.8. The smallest absolute Gasteiger partial charge is 0.543 e. The maximum absolute atomic E-state index is 12.8. The Morgan fingerprint density at radius 2 is 2.11 bits per heavy atom. The van der Waals surface area contributed by atoms with E-state index in [1.165, 1.54) is 28.9 Å². The third-order valence-electron chi connectivity index (χ3n) is 5.17. The van der Waals surface area contributed by atoms with Gasteiger partial charge in [-0.2, -0.15) is 0 Å². The van der Waals surface area contributed by atoms with Gasteiger partial charge in [0, 0.05) is 27.5 Å². The molecule has 2 aliphatic heterocycles. The van der Waals surface area contributed by atoms with Gasteiger partial charge in [-0.3, -0.25) is 14.5 Å². The number of aromatic nitrogens is 2. The molecule has 4 heterocycles. The Bertz CT molecular complexity index is 1250. The number of hydrogen-bond donors (Lipinski definition) is 4. The zero-order valence-electron chi connectivity index (χ0n) is 19.3. The predicted molar refractivity (Wildman–Crippen MR) is 131 cm³/mol. The molecule has 12 nitrogen and oxygen atoms in total. The minimum absolute atomic E-state index is 0. The van der Waals surface area contributed by atoms with E-state index in [0.717, 1.165) is 27.5 Å². The van der Waals surface area contributed by atoms with Gasteiger partial charge in [0.15, 0.2) is 10.8 Å². The van der Waals surface area contributed by atoms with Crippen molar-refractivity contribution in [2.45, 2.75) is 24.8 Å². The van der Waals surface area contributed by atoms with Crippen molar-refractivity contribution in [3.05, 3.63) is 45.1 Å². The summed E-state index contributed by atoms with van der Waals surface area (Å²) in [4.78, 5) is 47.1. The van der Waals surface area contributed by atoms with E-state index in [4.69, 9.17) is 11.5 Å². The van der Waals surface area contributed by atoms with Crippen molar-refractivity contribution >= 4 is 69.3 Å². The third-order valence-corrected chi connectivity index (χ3v) is 8.40. The second-order valence-corrected chi connectivity index (χ2v) is 10.8. The first kappa shape index (κ1) is 28.3. The summed E-state index contributed by atoms with van der Waals surface area (Å²) in [7, 11) is 0. The number of nitrogen functional groups attached to an aromatic ring is 2. The molecule has 0 bridgehead atoms. The Hall–Kier alpha value is -2.30. The molecule has 36 heavy (non-hydrogen) atoms. The van der Waals surface area contributed by atoms with Crippen LogP contribution in [0.25, 0.3) is 0 Å². The Morgan fingerprint density at radius 1 is 1.36 bits per heavy atom. The summed E-state index contributed by atoms with van der Waals surface area (Å²) in [5, 5.41) is 27.6. The second-order valence-electron chi connectivity index (χ2n) is 7.60. The van der Waals surface area contributed by atoms with Gasteiger partial charge in [-0.05, 0) is 31.0 Å². The van der Waals surface area contributed by atoms with E-state index in [2.05, 4.69) is 20.4 Å². The van der Waals surface area contributed by atoms with Crippen molar-refractivity contribution in [3.8, 4) is 0 Å². The van der Waals surface area contributed by atoms with Crippen LogP contribution in [0.2, 0.25) is 0 Å². The second kappa shape index (κ2) is 11.8. The summed E-state index contributed by atoms with van der Waals surface area (Å²) in [6.45, 7) is 1.91. The van der Waals surface area contributed by atoms with Gasteiger partial charge in [0.05, 0.1) is 11.7 Å². The van der Waals surface area contributed by atoms with Crippen LogP contribution in [-0.2, 0) is 20.8 Å². The molecule has 0 unspecified atom stereocenters. The Balaban J connectivity index is 0.00000361. The van der Waals surface area contributed by atoms with Crippen molar-refractivity contribution in [3.63, 3.8) is 0 Å². The normalized spacial score (nSPS) is 19.3. The molecule has 2 atom stereocenters. The molecular formula is C20H20N7NaO5S3. The number of nitrogens with one attached hydrogen (secondary N) is 1. The summed E-state index contributed by atoms with van der Waals surface area (Å²) in [6, 6.07) is 2.67. The van der Waals surface area contributed by atoms with Crippen LogP contribution in [0, 0.1) is 6.92 Å². The quantitative estimate of drug-likeness (QED) is 0.0826. The molecule has 0 radical (unpaired) electrons. The first-order valence-electron chi connectivity index (χ1n) is 10.2. The molecule has 2 aromatic heterocycles. The minimum Gasteiger partial charge on any atom is -0.543 e. The van der Waals surface area contributed by atoms with E-state index in [0.29, 0.717) is 28.6 Å². The predicted octanol–water partition coefficient (Wildman–Crippen LogP) is -3.47. The number of β-lactam (4-membered cyclic amide) rings is 1. The molecule has 2 aromatic rings. The number of aryl methyl sites for hydroxylation is 2. The SMILES string of the molecule is Cc1cc(N)nc(CCSC2=C(C(=O)[O-])N3C(=O)[C@@H](NC(=O)/C(=N\O)c4csc(N)n4)[C@H]3SC2)c1.[Na+]. The molecule has 1 saturated heterocycles. The van der Waals surface area contributed by atoms with Gasteiger partial charge in [-0.15, -0.1) is 34.9 Å². The van der Waals surface area contributed by atoms with E-state index < -0.39 is 34.9 Å². The van der Waals surface area contributed by atoms with Crippen LogP contribution in [-0.4, -0.2) is 66.5 Å². The van der Waals surface area contributed by atoms with E-state index >= 15 is 0 Å². The van der Waals surface area contributed by atoms with E-state index in [-0.39, 0.29) is 46.1 Å². The summed E-state index contributed by atoms with van der Waals surface area (Å²) in [5.74, 6) is -1.63. The molecular weight excluding hydrogens is 537 g/mol. The number of nitrogens with two attached hydrogens (primary N) is 2. The van der Waals surface area contributed by atoms with Crippen molar-refractivity contribution in [2.24, 2.45) is 5.16 Å². The van der Waals surface area contributed by atoms with Gasteiger partial charge in [0.25, 0.3) is 11.8 Å². The fourth-order valence-electron chi connectivity index (χ4n) is 3.69. The van der Waals surface area contributed by atoms with Gasteiger partial charge in [-0.1, -0.05) is 5.16 Å². The van der Waals surface area contributed by atoms with Gasteiger partial charge in [0.2, 0.25) is 0 Å². The van der Waals surface area contributed by atoms with Crippen LogP contribution in [0.4, 0.5) is 10.9 Å². The molecule has 2 amide bonds. The zero-order chi connectivity index (χ0) is 25.3. The number of oxime groups is 1. The number of pyridine rings is 1. The number of carbonyl (C=O) groups excluding carboxylic acids is 3. The summed E-state index contributed by atoms with van der Waals surface area (Å²) >= 11 is 3.68. The topological polar surface area (TPSA) is 200 Å². The monoisotopic (exact) mass is 557 g/mol. The number of thiazole rings is 1. The average molecular weight is 558 g/mol. The molecule has 1 fully saturated rings. The van der Waals surface area contributed by atoms with Crippen LogP contribution in [0.3, 0.4) is 0 Å². The number of aliphatic carboxylic acids is 1. The van der Waals surface area contributed by atoms with Crippen LogP contribution in [0.1, 0.15) is 17.0 Å². The molecule has 0 saturated carbocycles. The molecule has 6 N–H and O–H groups in total. The fourth-order valence-corrected chi connectivity index (χ4v) is 6.84. The largest absolute Gasteiger partial charge is 1.00 e. The molecule has 0 spiro atoms. The van der Waals surface area contributed by atoms with Gasteiger partial charge in [0.1, 0.15) is 22.9 Å². The summed E-state index contributed by atoms with van der Waals surface area (Å²) < 4.78 is 0. The number of hydrogen-bond acceptors (Lipinski definition) is 13. The van der Waals surface area contributed by atoms with E-state index in [9.17, 15) is 24.7 Å². The Kier molecular flexibility index (Phi) is 9.29. The number of anilines is 2. The number of thioether (sulfide) groups is 2. The van der Waals surface area contributed by atoms with Gasteiger partial charge >= 0.3 is 29.6 Å². The number of nitrogens with zero attached hydrogens (tertiary/aromatic N) is 4. The van der Waals surface area contributed by atoms with Crippen LogP contribution >= 0.6 is 34.9 Å². The van der Waals surface area contributed by atoms with Crippen LogP contribution < -0.4 is 51.4 Å². The van der Waals surface area contributed by atoms with Crippen molar-refractivity contribution in [1.82, 2.24) is 20.2 Å². The van der Waals surface area contributed by atoms with Crippen molar-refractivity contribution < 1.29 is 54.3 Å². The first-order valence-corrected chi connectivity index (χ1v) is 13.1. The summed E-state index contributed by atoms with van der Waals surface area (Å²) in [5.41, 5.74) is 12.6. The summed E-state index contributed by atoms with van der Waals surface area (Å²) in [6.07, 6.45) is 0.561. The molecule has 0 aliphatic carbocycles. The number of carbonyl (C=O) groups is 3. The van der Waals surface area contributed by atoms with Crippen LogP contribution in [0.15, 0.2) is 33.3 Å². The van der Waals surface area contributed by atoms with Gasteiger partial charge < -0.3 is 31.9 Å². The van der Waals surface area contributed by atoms with Gasteiger partial charge in [-0.25, -0.2) is 9.97 Å². The van der Waals surface area contributed by atoms with Crippen molar-refractivity contribution in [1.29, 1.82) is 0 Å². The number of carboxylic acids is 1. The fraction of sp³-hybridized carbons (Fsp3) is 0.300. The number of amides is 2. The Labute approximate surface area is 240 Å². The number of rotatable bonds is 8. The Morgan fingerprint density at radius 3 is 2.72 bits per heavy atom. The molecule has 184 valence electrons. The standard InChI is InChI=1S/C20H21N7O5S3.Na/c1-8-4-9(23-12(21)5-8)2-3-33-11-7-34-18-14(17(29)27(18)15(11)19(30)31)25-16(28)13(26-32)10-6-35-20(22)24-10;/h4-6,14,18,32H,2-3,7H2,1H3,(H2,21,23)(H2,22,24)(H,25,28)(H,30,31);/q;+1/p-1/b26-13-;/t14-,18-;/m1./s1. The van der Waals surface area contributed by atoms with Crippen LogP contribution in [0.5, 0.6) is 0 Å². The molecule has 16 heteroatoms. The third kappa shape index (κ3) is 5.81. The maximum Gasteiger partial charge on any atom is 1.00 e. The molecule has 0 aromatic carbocycles. The number of carboxylic acid groups (broad SMARTS) is 1. The first-order chi connectivity index (χ1) is 16.7. The van der Waals surface area contributed by atoms with Crippen molar-refractivity contribution in [2.75, 3.05) is 23.0 Å². The number of fused-ring (bicyclic) bond motifs is 1. The molecule has 4 rings (SSSR count). The van der Waals surface area contributed by atoms with E-state index in [1.807, 2.05) is 13.0 Å².